The van der Waals surface area contributed by atoms with Crippen LogP contribution in [-0.4, -0.2) is 27.7 Å². The van der Waals surface area contributed by atoms with E-state index in [9.17, 15) is 13.2 Å². The highest BCUT2D eigenvalue weighted by Crippen LogP contribution is 2.33. The van der Waals surface area contributed by atoms with Gasteiger partial charge in [0.1, 0.15) is 5.75 Å². The Kier molecular flexibility index (Phi) is 6.33. The van der Waals surface area contributed by atoms with E-state index >= 15 is 0 Å². The summed E-state index contributed by atoms with van der Waals surface area (Å²) in [5.41, 5.74) is 5.82. The molecule has 0 spiro atoms. The molecule has 0 fully saturated rings. The molecule has 0 amide bonds. The summed E-state index contributed by atoms with van der Waals surface area (Å²) in [5.74, 6) is 1.25. The second kappa shape index (κ2) is 8.59. The molecule has 3 rings (SSSR count). The van der Waals surface area contributed by atoms with Gasteiger partial charge in [-0.05, 0) is 49.1 Å². The summed E-state index contributed by atoms with van der Waals surface area (Å²) in [6.45, 7) is 5.30. The van der Waals surface area contributed by atoms with Crippen LogP contribution in [0.5, 0.6) is 5.75 Å². The Labute approximate surface area is 171 Å². The van der Waals surface area contributed by atoms with Crippen molar-refractivity contribution in [1.29, 1.82) is 0 Å². The minimum Gasteiger partial charge on any atom is -0.492 e. The third kappa shape index (κ3) is 5.00. The second-order valence-corrected chi connectivity index (χ2v) is 7.67. The van der Waals surface area contributed by atoms with E-state index < -0.39 is 11.9 Å². The molecular weight excluding hydrogens is 405 g/mol. The second-order valence-electron chi connectivity index (χ2n) is 7.27. The Hall–Kier alpha value is -2.32. The van der Waals surface area contributed by atoms with Crippen molar-refractivity contribution in [2.24, 2.45) is 17.6 Å². The van der Waals surface area contributed by atoms with E-state index in [1.54, 1.807) is 24.3 Å². The number of rotatable bonds is 7. The molecule has 0 aliphatic heterocycles. The molecular formula is C20H22ClF3N4O. The third-order valence-electron chi connectivity index (χ3n) is 4.61. The number of hydrogen-bond donors (Lipinski definition) is 1. The number of alkyl halides is 3. The van der Waals surface area contributed by atoms with Gasteiger partial charge in [0.2, 0.25) is 0 Å². The number of benzene rings is 1. The van der Waals surface area contributed by atoms with Crippen molar-refractivity contribution in [1.82, 2.24) is 14.6 Å². The SMILES string of the molecule is CC(CN)CC(C)COc1ccc(-c2ccnc3cc(C(F)(F)F)nn23)cc1Cl. The zero-order chi connectivity index (χ0) is 21.2. The van der Waals surface area contributed by atoms with Gasteiger partial charge in [0.15, 0.2) is 11.3 Å². The molecule has 3 aromatic rings. The van der Waals surface area contributed by atoms with Crippen LogP contribution in [0, 0.1) is 11.8 Å². The van der Waals surface area contributed by atoms with Crippen LogP contribution < -0.4 is 10.5 Å². The number of halogens is 4. The molecule has 2 N–H and O–H groups in total. The highest BCUT2D eigenvalue weighted by atomic mass is 35.5. The fraction of sp³-hybridized carbons (Fsp3) is 0.400. The van der Waals surface area contributed by atoms with Crippen molar-refractivity contribution >= 4 is 17.2 Å². The standard InChI is InChI=1S/C20H22ClF3N4O/c1-12(10-25)7-13(2)11-29-17-4-3-14(8-15(17)21)16-5-6-26-19-9-18(20(22,23)24)27-28(16)19/h3-6,8-9,12-13H,7,10-11,25H2,1-2H3. The number of nitrogens with two attached hydrogens (primary N) is 1. The van der Waals surface area contributed by atoms with Gasteiger partial charge in [-0.3, -0.25) is 0 Å². The fourth-order valence-corrected chi connectivity index (χ4v) is 3.35. The van der Waals surface area contributed by atoms with Crippen LogP contribution in [0.1, 0.15) is 26.0 Å². The molecule has 156 valence electrons. The minimum absolute atomic E-state index is 0.106. The van der Waals surface area contributed by atoms with Crippen molar-refractivity contribution < 1.29 is 17.9 Å². The van der Waals surface area contributed by atoms with Crippen molar-refractivity contribution in [3.63, 3.8) is 0 Å². The average molecular weight is 427 g/mol. The molecule has 0 bridgehead atoms. The van der Waals surface area contributed by atoms with E-state index in [1.807, 2.05) is 0 Å². The molecule has 2 aromatic heterocycles. The number of hydrogen-bond acceptors (Lipinski definition) is 4. The van der Waals surface area contributed by atoms with Gasteiger partial charge in [0.05, 0.1) is 17.3 Å². The molecule has 2 unspecified atom stereocenters. The molecule has 2 heterocycles. The van der Waals surface area contributed by atoms with E-state index in [4.69, 9.17) is 22.1 Å². The van der Waals surface area contributed by atoms with E-state index in [1.165, 1.54) is 6.20 Å². The van der Waals surface area contributed by atoms with Crippen LogP contribution in [-0.2, 0) is 6.18 Å². The number of nitrogens with zero attached hydrogens (tertiary/aromatic N) is 3. The van der Waals surface area contributed by atoms with Gasteiger partial charge in [-0.25, -0.2) is 9.50 Å². The lowest BCUT2D eigenvalue weighted by Gasteiger charge is -2.17. The van der Waals surface area contributed by atoms with Crippen LogP contribution in [0.2, 0.25) is 5.02 Å². The maximum absolute atomic E-state index is 13.0. The molecule has 0 aliphatic carbocycles. The van der Waals surface area contributed by atoms with Crippen molar-refractivity contribution in [3.8, 4) is 17.0 Å². The van der Waals surface area contributed by atoms with E-state index in [0.717, 1.165) is 17.0 Å². The van der Waals surface area contributed by atoms with Gasteiger partial charge in [0, 0.05) is 17.8 Å². The van der Waals surface area contributed by atoms with Gasteiger partial charge < -0.3 is 10.5 Å². The average Bonchev–Trinajstić information content (AvgIpc) is 3.11. The smallest absolute Gasteiger partial charge is 0.435 e. The third-order valence-corrected chi connectivity index (χ3v) is 4.90. The first kappa shape index (κ1) is 21.4. The quantitative estimate of drug-likeness (QED) is 0.573. The highest BCUT2D eigenvalue weighted by molar-refractivity contribution is 6.32. The van der Waals surface area contributed by atoms with Gasteiger partial charge in [0.25, 0.3) is 0 Å². The number of aromatic nitrogens is 3. The Morgan fingerprint density at radius 3 is 2.59 bits per heavy atom. The van der Waals surface area contributed by atoms with Crippen molar-refractivity contribution in [3.05, 3.63) is 47.2 Å². The van der Waals surface area contributed by atoms with Gasteiger partial charge in [-0.2, -0.15) is 18.3 Å². The topological polar surface area (TPSA) is 65.4 Å². The molecule has 1 aromatic carbocycles. The van der Waals surface area contributed by atoms with Crippen molar-refractivity contribution in [2.75, 3.05) is 13.2 Å². The summed E-state index contributed by atoms with van der Waals surface area (Å²) < 4.78 is 45.9. The molecule has 0 saturated carbocycles. The molecule has 0 aliphatic rings. The normalized spacial score (nSPS) is 14.2. The Morgan fingerprint density at radius 2 is 1.93 bits per heavy atom. The largest absolute Gasteiger partial charge is 0.492 e. The molecule has 29 heavy (non-hydrogen) atoms. The van der Waals surface area contributed by atoms with Gasteiger partial charge in [-0.1, -0.05) is 25.4 Å². The van der Waals surface area contributed by atoms with Crippen LogP contribution in [0.15, 0.2) is 36.5 Å². The maximum Gasteiger partial charge on any atom is 0.435 e. The first-order valence-electron chi connectivity index (χ1n) is 9.23. The van der Waals surface area contributed by atoms with E-state index in [0.29, 0.717) is 47.0 Å². The molecule has 5 nitrogen and oxygen atoms in total. The summed E-state index contributed by atoms with van der Waals surface area (Å²) in [5, 5.41) is 4.02. The highest BCUT2D eigenvalue weighted by Gasteiger charge is 2.34. The van der Waals surface area contributed by atoms with Crippen LogP contribution in [0.3, 0.4) is 0 Å². The zero-order valence-corrected chi connectivity index (χ0v) is 16.8. The summed E-state index contributed by atoms with van der Waals surface area (Å²) >= 11 is 6.35. The monoisotopic (exact) mass is 426 g/mol. The lowest BCUT2D eigenvalue weighted by molar-refractivity contribution is -0.141. The zero-order valence-electron chi connectivity index (χ0n) is 16.1. The van der Waals surface area contributed by atoms with E-state index in [2.05, 4.69) is 23.9 Å². The first-order chi connectivity index (χ1) is 13.7. The number of fused-ring (bicyclic) bond motifs is 1. The Morgan fingerprint density at radius 1 is 1.17 bits per heavy atom. The summed E-state index contributed by atoms with van der Waals surface area (Å²) in [6.07, 6.45) is -2.16. The van der Waals surface area contributed by atoms with Crippen LogP contribution >= 0.6 is 11.6 Å². The summed E-state index contributed by atoms with van der Waals surface area (Å²) in [4.78, 5) is 3.95. The predicted molar refractivity (Wildman–Crippen MR) is 106 cm³/mol. The minimum atomic E-state index is -4.54. The predicted octanol–water partition coefficient (Wildman–Crippen LogP) is 5.07. The first-order valence-corrected chi connectivity index (χ1v) is 9.61. The molecule has 2 atom stereocenters. The summed E-state index contributed by atoms with van der Waals surface area (Å²) in [6, 6.07) is 7.58. The van der Waals surface area contributed by atoms with Crippen LogP contribution in [0.25, 0.3) is 16.9 Å². The van der Waals surface area contributed by atoms with Crippen molar-refractivity contribution in [2.45, 2.75) is 26.4 Å². The fourth-order valence-electron chi connectivity index (χ4n) is 3.11. The Balaban J connectivity index is 1.82. The maximum atomic E-state index is 13.0. The van der Waals surface area contributed by atoms with Gasteiger partial charge in [-0.15, -0.1) is 0 Å². The summed E-state index contributed by atoms with van der Waals surface area (Å²) in [7, 11) is 0. The number of ether oxygens (including phenoxy) is 1. The molecule has 9 heteroatoms. The lowest BCUT2D eigenvalue weighted by Crippen LogP contribution is -2.17. The van der Waals surface area contributed by atoms with Gasteiger partial charge >= 0.3 is 6.18 Å². The lowest BCUT2D eigenvalue weighted by atomic mass is 9.98. The van der Waals surface area contributed by atoms with E-state index in [-0.39, 0.29) is 5.65 Å². The molecule has 0 radical (unpaired) electrons. The van der Waals surface area contributed by atoms with Crippen LogP contribution in [0.4, 0.5) is 13.2 Å². The molecule has 0 saturated heterocycles. The Bertz CT molecular complexity index is 990.